The van der Waals surface area contributed by atoms with Gasteiger partial charge in [-0.15, -0.1) is 0 Å². The Hall–Kier alpha value is 0.480. The van der Waals surface area contributed by atoms with Crippen molar-refractivity contribution in [2.75, 3.05) is 7.05 Å². The van der Waals surface area contributed by atoms with Crippen molar-refractivity contribution in [2.24, 2.45) is 5.10 Å². The molecule has 0 saturated heterocycles. The SMILES string of the molecule is CN1N=CN(Br)C1I. The van der Waals surface area contributed by atoms with E-state index in [-0.39, 0.29) is 0 Å². The van der Waals surface area contributed by atoms with Crippen LogP contribution in [0.25, 0.3) is 0 Å². The fraction of sp³-hybridized carbons (Fsp3) is 0.667. The Kier molecular flexibility index (Phi) is 1.97. The molecule has 3 nitrogen and oxygen atoms in total. The van der Waals surface area contributed by atoms with Crippen molar-refractivity contribution in [3.8, 4) is 0 Å². The molecule has 46 valence electrons. The van der Waals surface area contributed by atoms with Crippen LogP contribution in [0, 0.1) is 0 Å². The van der Waals surface area contributed by atoms with Gasteiger partial charge in [-0.2, -0.15) is 5.10 Å². The third kappa shape index (κ3) is 1.07. The Morgan fingerprint density at radius 3 is 2.62 bits per heavy atom. The Labute approximate surface area is 70.2 Å². The molecule has 1 aliphatic heterocycles. The lowest BCUT2D eigenvalue weighted by atomic mass is 11.0. The van der Waals surface area contributed by atoms with E-state index >= 15 is 0 Å². The van der Waals surface area contributed by atoms with E-state index in [1.165, 1.54) is 0 Å². The van der Waals surface area contributed by atoms with Gasteiger partial charge in [-0.1, -0.05) is 0 Å². The Morgan fingerprint density at radius 2 is 2.50 bits per heavy atom. The molecule has 0 fully saturated rings. The van der Waals surface area contributed by atoms with E-state index in [2.05, 4.69) is 43.8 Å². The Morgan fingerprint density at radius 1 is 1.88 bits per heavy atom. The van der Waals surface area contributed by atoms with Crippen LogP contribution >= 0.6 is 38.7 Å². The number of hydrazone groups is 1. The predicted octanol–water partition coefficient (Wildman–Crippen LogP) is 1.21. The maximum absolute atomic E-state index is 3.98. The van der Waals surface area contributed by atoms with E-state index in [0.717, 1.165) is 0 Å². The molecule has 5 heteroatoms. The summed E-state index contributed by atoms with van der Waals surface area (Å²) in [5, 5.41) is 5.83. The minimum atomic E-state index is 0.313. The quantitative estimate of drug-likeness (QED) is 0.289. The number of alkyl halides is 1. The van der Waals surface area contributed by atoms with Gasteiger partial charge in [0.05, 0.1) is 16.1 Å². The van der Waals surface area contributed by atoms with Crippen LogP contribution in [0.1, 0.15) is 0 Å². The third-order valence-electron chi connectivity index (χ3n) is 0.856. The molecule has 0 spiro atoms. The minimum Gasteiger partial charge on any atom is -0.266 e. The summed E-state index contributed by atoms with van der Waals surface area (Å²) in [6.07, 6.45) is 1.73. The first kappa shape index (κ1) is 6.60. The molecule has 0 amide bonds. The molecule has 1 heterocycles. The monoisotopic (exact) mass is 289 g/mol. The van der Waals surface area contributed by atoms with E-state index in [4.69, 9.17) is 0 Å². The van der Waals surface area contributed by atoms with Gasteiger partial charge in [0.2, 0.25) is 0 Å². The number of halogens is 2. The zero-order valence-electron chi connectivity index (χ0n) is 4.25. The highest BCUT2D eigenvalue weighted by atomic mass is 127. The highest BCUT2D eigenvalue weighted by Crippen LogP contribution is 2.18. The van der Waals surface area contributed by atoms with Crippen molar-refractivity contribution in [3.05, 3.63) is 0 Å². The summed E-state index contributed by atoms with van der Waals surface area (Å²) in [6, 6.07) is 0. The highest BCUT2D eigenvalue weighted by Gasteiger charge is 2.18. The summed E-state index contributed by atoms with van der Waals surface area (Å²) in [6.45, 7) is 0. The molecule has 1 unspecified atom stereocenters. The second kappa shape index (κ2) is 2.38. The van der Waals surface area contributed by atoms with E-state index in [1.54, 1.807) is 6.34 Å². The first-order valence-electron chi connectivity index (χ1n) is 2.07. The van der Waals surface area contributed by atoms with Gasteiger partial charge < -0.3 is 0 Å². The molecule has 0 aromatic rings. The first-order valence-corrected chi connectivity index (χ1v) is 4.02. The third-order valence-corrected chi connectivity index (χ3v) is 3.60. The van der Waals surface area contributed by atoms with Crippen LogP contribution in [-0.4, -0.2) is 26.5 Å². The van der Waals surface area contributed by atoms with Crippen LogP contribution in [0.3, 0.4) is 0 Å². The molecule has 0 radical (unpaired) electrons. The fourth-order valence-electron chi connectivity index (χ4n) is 0.400. The fourth-order valence-corrected chi connectivity index (χ4v) is 1.04. The lowest BCUT2D eigenvalue weighted by Crippen LogP contribution is -2.24. The molecule has 1 aliphatic rings. The van der Waals surface area contributed by atoms with E-state index in [9.17, 15) is 0 Å². The summed E-state index contributed by atoms with van der Waals surface area (Å²) in [5.41, 5.74) is 0. The average Bonchev–Trinajstić information content (AvgIpc) is 1.98. The molecule has 8 heavy (non-hydrogen) atoms. The van der Waals surface area contributed by atoms with E-state index in [0.29, 0.717) is 4.17 Å². The lowest BCUT2D eigenvalue weighted by Gasteiger charge is -2.15. The van der Waals surface area contributed by atoms with Crippen LogP contribution < -0.4 is 0 Å². The number of rotatable bonds is 0. The number of hydrogen-bond donors (Lipinski definition) is 0. The van der Waals surface area contributed by atoms with Gasteiger partial charge in [0.15, 0.2) is 4.17 Å². The summed E-state index contributed by atoms with van der Waals surface area (Å²) in [7, 11) is 1.93. The van der Waals surface area contributed by atoms with Crippen LogP contribution in [0.4, 0.5) is 0 Å². The summed E-state index contributed by atoms with van der Waals surface area (Å²) >= 11 is 5.54. The normalized spacial score (nSPS) is 27.6. The lowest BCUT2D eigenvalue weighted by molar-refractivity contribution is 0.328. The molecule has 0 aliphatic carbocycles. The minimum absolute atomic E-state index is 0.313. The Bertz CT molecular complexity index is 105. The van der Waals surface area contributed by atoms with Crippen LogP contribution in [0.2, 0.25) is 0 Å². The summed E-state index contributed by atoms with van der Waals surface area (Å²) < 4.78 is 2.17. The molecule has 0 N–H and O–H groups in total. The molecule has 1 rings (SSSR count). The van der Waals surface area contributed by atoms with Crippen molar-refractivity contribution < 1.29 is 0 Å². The molecule has 1 atom stereocenters. The van der Waals surface area contributed by atoms with E-state index < -0.39 is 0 Å². The standard InChI is InChI=1S/C3H5BrIN3/c1-7-3(5)8(4)2-6-7/h2-3H,1H3. The molecule has 0 bridgehead atoms. The molecule has 0 saturated carbocycles. The summed E-state index contributed by atoms with van der Waals surface area (Å²) in [4.78, 5) is 0. The predicted molar refractivity (Wildman–Crippen MR) is 44.8 cm³/mol. The van der Waals surface area contributed by atoms with Gasteiger partial charge in [0.1, 0.15) is 6.34 Å². The first-order chi connectivity index (χ1) is 3.72. The Balaban J connectivity index is 2.55. The van der Waals surface area contributed by atoms with Crippen LogP contribution in [0.15, 0.2) is 5.10 Å². The highest BCUT2D eigenvalue weighted by molar-refractivity contribution is 14.1. The van der Waals surface area contributed by atoms with E-state index in [1.807, 2.05) is 16.0 Å². The van der Waals surface area contributed by atoms with Gasteiger partial charge in [0, 0.05) is 7.05 Å². The molecular weight excluding hydrogens is 285 g/mol. The smallest absolute Gasteiger partial charge is 0.180 e. The second-order valence-electron chi connectivity index (χ2n) is 1.46. The van der Waals surface area contributed by atoms with Crippen molar-refractivity contribution >= 4 is 45.1 Å². The van der Waals surface area contributed by atoms with Gasteiger partial charge >= 0.3 is 0 Å². The van der Waals surface area contributed by atoms with Crippen molar-refractivity contribution in [2.45, 2.75) is 4.17 Å². The van der Waals surface area contributed by atoms with Gasteiger partial charge in [-0.05, 0) is 22.6 Å². The molecule has 0 aromatic carbocycles. The van der Waals surface area contributed by atoms with Crippen molar-refractivity contribution in [3.63, 3.8) is 0 Å². The number of nitrogens with zero attached hydrogens (tertiary/aromatic N) is 3. The molecular formula is C3H5BrIN3. The van der Waals surface area contributed by atoms with Crippen LogP contribution in [-0.2, 0) is 0 Å². The molecule has 0 aromatic heterocycles. The topological polar surface area (TPSA) is 18.8 Å². The van der Waals surface area contributed by atoms with Gasteiger partial charge in [0.25, 0.3) is 0 Å². The number of hydrogen-bond acceptors (Lipinski definition) is 3. The zero-order valence-corrected chi connectivity index (χ0v) is 8.00. The average molecular weight is 290 g/mol. The van der Waals surface area contributed by atoms with Gasteiger partial charge in [-0.25, -0.2) is 0 Å². The maximum atomic E-state index is 3.98. The van der Waals surface area contributed by atoms with Gasteiger partial charge in [-0.3, -0.25) is 8.93 Å². The van der Waals surface area contributed by atoms with Crippen LogP contribution in [0.5, 0.6) is 0 Å². The van der Waals surface area contributed by atoms with Crippen molar-refractivity contribution in [1.29, 1.82) is 0 Å². The second-order valence-corrected chi connectivity index (χ2v) is 3.39. The largest absolute Gasteiger partial charge is 0.266 e. The maximum Gasteiger partial charge on any atom is 0.180 e. The van der Waals surface area contributed by atoms with Crippen molar-refractivity contribution in [1.82, 2.24) is 8.93 Å². The summed E-state index contributed by atoms with van der Waals surface area (Å²) in [5.74, 6) is 0. The zero-order chi connectivity index (χ0) is 6.15.